The molecule has 1 aliphatic rings. The maximum atomic E-state index is 12.2. The van der Waals surface area contributed by atoms with Crippen molar-refractivity contribution >= 4 is 5.91 Å². The number of carbonyl (C=O) groups excluding carboxylic acids is 1. The number of amides is 1. The van der Waals surface area contributed by atoms with Crippen molar-refractivity contribution in [3.05, 3.63) is 24.2 Å². The average molecular weight is 251 g/mol. The van der Waals surface area contributed by atoms with Crippen molar-refractivity contribution in [2.45, 2.75) is 32.0 Å². The molecule has 0 aliphatic carbocycles. The summed E-state index contributed by atoms with van der Waals surface area (Å²) in [5.74, 6) is 0.978. The fraction of sp³-hybridized carbons (Fsp3) is 0.615. The molecule has 1 aromatic heterocycles. The zero-order valence-electron chi connectivity index (χ0n) is 11.0. The molecular weight excluding hydrogens is 230 g/mol. The van der Waals surface area contributed by atoms with Gasteiger partial charge in [-0.05, 0) is 25.5 Å². The summed E-state index contributed by atoms with van der Waals surface area (Å²) in [5, 5.41) is 0. The van der Waals surface area contributed by atoms with Gasteiger partial charge in [-0.25, -0.2) is 0 Å². The molecule has 1 fully saturated rings. The Kier molecular flexibility index (Phi) is 4.04. The Morgan fingerprint density at radius 3 is 2.94 bits per heavy atom. The summed E-state index contributed by atoms with van der Waals surface area (Å²) < 4.78 is 5.37. The van der Waals surface area contributed by atoms with Gasteiger partial charge in [-0.3, -0.25) is 9.69 Å². The van der Waals surface area contributed by atoms with Crippen molar-refractivity contribution < 1.29 is 9.21 Å². The van der Waals surface area contributed by atoms with Crippen molar-refractivity contribution in [3.63, 3.8) is 0 Å². The van der Waals surface area contributed by atoms with E-state index in [4.69, 9.17) is 10.2 Å². The van der Waals surface area contributed by atoms with E-state index in [2.05, 4.69) is 11.8 Å². The van der Waals surface area contributed by atoms with E-state index >= 15 is 0 Å². The first-order valence-corrected chi connectivity index (χ1v) is 6.36. The molecule has 5 heteroatoms. The van der Waals surface area contributed by atoms with Crippen molar-refractivity contribution in [1.29, 1.82) is 0 Å². The lowest BCUT2D eigenvalue weighted by molar-refractivity contribution is -0.134. The van der Waals surface area contributed by atoms with Gasteiger partial charge >= 0.3 is 0 Å². The van der Waals surface area contributed by atoms with Gasteiger partial charge < -0.3 is 15.1 Å². The molecule has 1 aromatic rings. The molecule has 2 atom stereocenters. The van der Waals surface area contributed by atoms with Gasteiger partial charge in [-0.2, -0.15) is 0 Å². The second-order valence-corrected chi connectivity index (χ2v) is 4.90. The second kappa shape index (κ2) is 5.54. The first kappa shape index (κ1) is 13.1. The molecule has 0 saturated carbocycles. The number of nitrogens with two attached hydrogens (primary N) is 1. The highest BCUT2D eigenvalue weighted by Gasteiger charge is 2.34. The van der Waals surface area contributed by atoms with Crippen LogP contribution in [0.25, 0.3) is 0 Å². The Morgan fingerprint density at radius 1 is 1.56 bits per heavy atom. The molecule has 0 aromatic carbocycles. The normalized spacial score (nSPS) is 26.4. The molecule has 0 radical (unpaired) electrons. The third-order valence-corrected chi connectivity index (χ3v) is 3.65. The number of furan rings is 1. The lowest BCUT2D eigenvalue weighted by Crippen LogP contribution is -2.50. The summed E-state index contributed by atoms with van der Waals surface area (Å²) in [4.78, 5) is 16.2. The zero-order chi connectivity index (χ0) is 13.1. The SMILES string of the molecule is CC1CCN(C)C(=O)C(CN)N1Cc1ccco1. The molecule has 0 bridgehead atoms. The Hall–Kier alpha value is -1.33. The lowest BCUT2D eigenvalue weighted by atomic mass is 10.1. The topological polar surface area (TPSA) is 62.7 Å². The minimum atomic E-state index is -0.252. The molecular formula is C13H21N3O2. The Morgan fingerprint density at radius 2 is 2.33 bits per heavy atom. The highest BCUT2D eigenvalue weighted by atomic mass is 16.3. The van der Waals surface area contributed by atoms with E-state index in [1.807, 2.05) is 19.2 Å². The van der Waals surface area contributed by atoms with E-state index in [0.717, 1.165) is 18.7 Å². The quantitative estimate of drug-likeness (QED) is 0.857. The molecule has 1 amide bonds. The highest BCUT2D eigenvalue weighted by molar-refractivity contribution is 5.82. The van der Waals surface area contributed by atoms with Crippen LogP contribution in [0.2, 0.25) is 0 Å². The third kappa shape index (κ3) is 2.57. The van der Waals surface area contributed by atoms with Gasteiger partial charge in [-0.15, -0.1) is 0 Å². The first-order valence-electron chi connectivity index (χ1n) is 6.36. The predicted octanol–water partition coefficient (Wildman–Crippen LogP) is 0.660. The zero-order valence-corrected chi connectivity index (χ0v) is 11.0. The van der Waals surface area contributed by atoms with Crippen LogP contribution < -0.4 is 5.73 Å². The number of hydrogen-bond donors (Lipinski definition) is 1. The van der Waals surface area contributed by atoms with Gasteiger partial charge in [-0.1, -0.05) is 0 Å². The minimum absolute atomic E-state index is 0.105. The lowest BCUT2D eigenvalue weighted by Gasteiger charge is -2.32. The number of likely N-dealkylation sites (N-methyl/N-ethyl adjacent to an activating group) is 1. The smallest absolute Gasteiger partial charge is 0.241 e. The Bertz CT molecular complexity index is 391. The van der Waals surface area contributed by atoms with Gasteiger partial charge in [0.1, 0.15) is 11.8 Å². The van der Waals surface area contributed by atoms with Crippen molar-refractivity contribution in [3.8, 4) is 0 Å². The summed E-state index contributed by atoms with van der Waals surface area (Å²) in [6.07, 6.45) is 2.61. The largest absolute Gasteiger partial charge is 0.468 e. The number of nitrogens with zero attached hydrogens (tertiary/aromatic N) is 2. The number of hydrogen-bond acceptors (Lipinski definition) is 4. The van der Waals surface area contributed by atoms with E-state index in [-0.39, 0.29) is 11.9 Å². The van der Waals surface area contributed by atoms with Crippen molar-refractivity contribution in [2.24, 2.45) is 5.73 Å². The van der Waals surface area contributed by atoms with Crippen LogP contribution in [0, 0.1) is 0 Å². The minimum Gasteiger partial charge on any atom is -0.468 e. The number of carbonyl (C=O) groups is 1. The van der Waals surface area contributed by atoms with E-state index < -0.39 is 0 Å². The van der Waals surface area contributed by atoms with Crippen molar-refractivity contribution in [2.75, 3.05) is 20.1 Å². The van der Waals surface area contributed by atoms with Crippen LogP contribution in [0.3, 0.4) is 0 Å². The van der Waals surface area contributed by atoms with E-state index in [1.54, 1.807) is 11.2 Å². The van der Waals surface area contributed by atoms with Gasteiger partial charge in [0.25, 0.3) is 0 Å². The average Bonchev–Trinajstić information content (AvgIpc) is 2.84. The van der Waals surface area contributed by atoms with Crippen LogP contribution >= 0.6 is 0 Å². The standard InChI is InChI=1S/C13H21N3O2/c1-10-5-6-15(2)13(17)12(8-14)16(10)9-11-4-3-7-18-11/h3-4,7,10,12H,5-6,8-9,14H2,1-2H3. The molecule has 1 saturated heterocycles. The van der Waals surface area contributed by atoms with Gasteiger partial charge in [0.2, 0.25) is 5.91 Å². The van der Waals surface area contributed by atoms with Crippen LogP contribution in [-0.2, 0) is 11.3 Å². The van der Waals surface area contributed by atoms with Crippen LogP contribution in [0.15, 0.2) is 22.8 Å². The van der Waals surface area contributed by atoms with Crippen LogP contribution in [0.1, 0.15) is 19.1 Å². The molecule has 100 valence electrons. The van der Waals surface area contributed by atoms with Crippen LogP contribution in [0.5, 0.6) is 0 Å². The molecule has 18 heavy (non-hydrogen) atoms. The molecule has 2 N–H and O–H groups in total. The maximum absolute atomic E-state index is 12.2. The van der Waals surface area contributed by atoms with Crippen molar-refractivity contribution in [1.82, 2.24) is 9.80 Å². The number of rotatable bonds is 3. The monoisotopic (exact) mass is 251 g/mol. The van der Waals surface area contributed by atoms with Crippen LogP contribution in [0.4, 0.5) is 0 Å². The van der Waals surface area contributed by atoms with Gasteiger partial charge in [0.15, 0.2) is 0 Å². The molecule has 2 heterocycles. The Balaban J connectivity index is 2.19. The van der Waals surface area contributed by atoms with E-state index in [9.17, 15) is 4.79 Å². The van der Waals surface area contributed by atoms with E-state index in [0.29, 0.717) is 19.1 Å². The summed E-state index contributed by atoms with van der Waals surface area (Å²) in [6, 6.07) is 3.86. The molecule has 5 nitrogen and oxygen atoms in total. The fourth-order valence-corrected chi connectivity index (χ4v) is 2.44. The second-order valence-electron chi connectivity index (χ2n) is 4.90. The third-order valence-electron chi connectivity index (χ3n) is 3.65. The summed E-state index contributed by atoms with van der Waals surface area (Å²) in [5.41, 5.74) is 5.79. The van der Waals surface area contributed by atoms with Gasteiger partial charge in [0.05, 0.1) is 12.8 Å². The van der Waals surface area contributed by atoms with Crippen LogP contribution in [-0.4, -0.2) is 47.9 Å². The molecule has 0 spiro atoms. The Labute approximate surface area is 108 Å². The molecule has 2 rings (SSSR count). The fourth-order valence-electron chi connectivity index (χ4n) is 2.44. The molecule has 1 aliphatic heterocycles. The maximum Gasteiger partial charge on any atom is 0.241 e. The summed E-state index contributed by atoms with van der Waals surface area (Å²) in [7, 11) is 1.84. The first-order chi connectivity index (χ1) is 8.63. The molecule has 2 unspecified atom stereocenters. The predicted molar refractivity (Wildman–Crippen MR) is 68.8 cm³/mol. The summed E-state index contributed by atoms with van der Waals surface area (Å²) >= 11 is 0. The van der Waals surface area contributed by atoms with Gasteiger partial charge in [0, 0.05) is 26.2 Å². The highest BCUT2D eigenvalue weighted by Crippen LogP contribution is 2.19. The van der Waals surface area contributed by atoms with E-state index in [1.165, 1.54) is 0 Å². The summed E-state index contributed by atoms with van der Waals surface area (Å²) in [6.45, 7) is 3.90.